The van der Waals surface area contributed by atoms with Crippen molar-refractivity contribution in [1.82, 2.24) is 4.90 Å². The minimum Gasteiger partial charge on any atom is -0.507 e. The molecule has 2 rings (SSSR count). The van der Waals surface area contributed by atoms with Crippen LogP contribution in [0.15, 0.2) is 12.1 Å². The fourth-order valence-electron chi connectivity index (χ4n) is 3.04. The molecule has 1 fully saturated rings. The molecule has 11 heteroatoms. The third-order valence-corrected chi connectivity index (χ3v) is 5.91. The van der Waals surface area contributed by atoms with Crippen molar-refractivity contribution >= 4 is 30.8 Å². The molecule has 1 aliphatic heterocycles. The minimum absolute atomic E-state index is 0.000548. The van der Waals surface area contributed by atoms with E-state index in [0.29, 0.717) is 13.1 Å². The van der Waals surface area contributed by atoms with Crippen LogP contribution in [-0.4, -0.2) is 88.5 Å². The molecule has 1 aliphatic rings. The van der Waals surface area contributed by atoms with Gasteiger partial charge in [0.15, 0.2) is 0 Å². The number of methoxy groups -OCH3 is 2. The van der Waals surface area contributed by atoms with Crippen molar-refractivity contribution in [2.24, 2.45) is 0 Å². The Morgan fingerprint density at radius 2 is 2.07 bits per heavy atom. The fraction of sp³-hybridized carbons (Fsp3) is 0.529. The zero-order chi connectivity index (χ0) is 20.8. The number of phenols is 1. The number of carboxylic acid groups (broad SMARTS) is 1. The molecule has 0 aliphatic carbocycles. The van der Waals surface area contributed by atoms with E-state index in [0.717, 1.165) is 18.2 Å². The molecule has 0 aromatic heterocycles. The Morgan fingerprint density at radius 1 is 1.36 bits per heavy atom. The predicted octanol–water partition coefficient (Wildman–Crippen LogP) is 0.00260. The number of benzene rings is 1. The highest BCUT2D eigenvalue weighted by molar-refractivity contribution is 8.01. The number of carboxylic acids is 1. The Bertz CT molecular complexity index is 717. The molecule has 1 heterocycles. The van der Waals surface area contributed by atoms with E-state index in [1.165, 1.54) is 19.2 Å². The van der Waals surface area contributed by atoms with Gasteiger partial charge in [-0.3, -0.25) is 4.79 Å². The number of hydrogen-bond donors (Lipinski definition) is 4. The molecule has 1 amide bonds. The van der Waals surface area contributed by atoms with Crippen LogP contribution >= 0.6 is 11.8 Å². The zero-order valence-electron chi connectivity index (χ0n) is 15.7. The molecule has 0 saturated carbocycles. The van der Waals surface area contributed by atoms with Gasteiger partial charge >= 0.3 is 13.1 Å². The summed E-state index contributed by atoms with van der Waals surface area (Å²) in [5.41, 5.74) is -0.174. The standard InChI is InChI=1S/C17H24BNO8S/c1-26-11-5-6-19(8-11)14(20)9-28-13(18(24)25)7-10-3-4-12(27-2)15(16(10)21)17(22)23/h3-4,11,13,21,24-25H,5-9H2,1-2H3,(H,22,23)/t11?,13-/m0/s1. The van der Waals surface area contributed by atoms with Crippen LogP contribution in [0.5, 0.6) is 11.5 Å². The number of nitrogens with zero attached hydrogens (tertiary/aromatic N) is 1. The number of amides is 1. The van der Waals surface area contributed by atoms with Gasteiger partial charge in [-0.05, 0) is 24.5 Å². The number of aromatic hydroxyl groups is 1. The van der Waals surface area contributed by atoms with Crippen LogP contribution in [-0.2, 0) is 16.0 Å². The number of ether oxygens (including phenoxy) is 2. The topological polar surface area (TPSA) is 137 Å². The van der Waals surface area contributed by atoms with Crippen LogP contribution in [0.1, 0.15) is 22.3 Å². The summed E-state index contributed by atoms with van der Waals surface area (Å²) in [5.74, 6) is -1.96. The van der Waals surface area contributed by atoms with E-state index in [4.69, 9.17) is 9.47 Å². The maximum absolute atomic E-state index is 12.3. The fourth-order valence-corrected chi connectivity index (χ4v) is 4.05. The van der Waals surface area contributed by atoms with E-state index >= 15 is 0 Å². The second-order valence-corrected chi connectivity index (χ2v) is 7.64. The van der Waals surface area contributed by atoms with Crippen molar-refractivity contribution in [1.29, 1.82) is 0 Å². The molecule has 28 heavy (non-hydrogen) atoms. The van der Waals surface area contributed by atoms with Crippen molar-refractivity contribution in [3.05, 3.63) is 23.3 Å². The monoisotopic (exact) mass is 413 g/mol. The van der Waals surface area contributed by atoms with Gasteiger partial charge in [-0.2, -0.15) is 11.8 Å². The first kappa shape index (κ1) is 22.3. The van der Waals surface area contributed by atoms with Crippen molar-refractivity contribution in [3.8, 4) is 11.5 Å². The second kappa shape index (κ2) is 10.0. The first-order chi connectivity index (χ1) is 13.3. The first-order valence-electron chi connectivity index (χ1n) is 8.68. The van der Waals surface area contributed by atoms with Crippen LogP contribution in [0.25, 0.3) is 0 Å². The summed E-state index contributed by atoms with van der Waals surface area (Å²) in [6, 6.07) is 2.85. The van der Waals surface area contributed by atoms with Gasteiger partial charge in [0.05, 0.1) is 19.0 Å². The summed E-state index contributed by atoms with van der Waals surface area (Å²) in [7, 11) is 1.13. The van der Waals surface area contributed by atoms with Crippen molar-refractivity contribution in [3.63, 3.8) is 0 Å². The molecule has 0 bridgehead atoms. The lowest BCUT2D eigenvalue weighted by Crippen LogP contribution is -2.35. The van der Waals surface area contributed by atoms with Gasteiger partial charge in [-0.25, -0.2) is 4.79 Å². The van der Waals surface area contributed by atoms with Crippen LogP contribution in [0.2, 0.25) is 0 Å². The van der Waals surface area contributed by atoms with Crippen LogP contribution in [0, 0.1) is 0 Å². The normalized spacial score (nSPS) is 17.4. The second-order valence-electron chi connectivity index (χ2n) is 6.41. The van der Waals surface area contributed by atoms with Gasteiger partial charge in [0.25, 0.3) is 0 Å². The molecule has 0 radical (unpaired) electrons. The maximum Gasteiger partial charge on any atom is 0.465 e. The molecule has 1 aromatic rings. The van der Waals surface area contributed by atoms with Crippen LogP contribution in [0.4, 0.5) is 0 Å². The summed E-state index contributed by atoms with van der Waals surface area (Å²) in [4.78, 5) is 25.4. The Balaban J connectivity index is 2.06. The van der Waals surface area contributed by atoms with Crippen molar-refractivity contribution in [2.45, 2.75) is 24.1 Å². The molecule has 4 N–H and O–H groups in total. The Hall–Kier alpha value is -1.95. The lowest BCUT2D eigenvalue weighted by Gasteiger charge is -2.20. The van der Waals surface area contributed by atoms with Gasteiger partial charge in [-0.1, -0.05) is 6.07 Å². The van der Waals surface area contributed by atoms with E-state index in [9.17, 15) is 29.9 Å². The van der Waals surface area contributed by atoms with Gasteiger partial charge in [0.2, 0.25) is 5.91 Å². The lowest BCUT2D eigenvalue weighted by molar-refractivity contribution is -0.127. The van der Waals surface area contributed by atoms with Gasteiger partial charge in [0.1, 0.15) is 17.1 Å². The van der Waals surface area contributed by atoms with Gasteiger partial charge in [0, 0.05) is 25.3 Å². The largest absolute Gasteiger partial charge is 0.507 e. The van der Waals surface area contributed by atoms with E-state index in [1.54, 1.807) is 12.0 Å². The number of carbonyl (C=O) groups excluding carboxylic acids is 1. The summed E-state index contributed by atoms with van der Waals surface area (Å²) < 4.78 is 10.2. The molecular weight excluding hydrogens is 389 g/mol. The van der Waals surface area contributed by atoms with E-state index in [1.807, 2.05) is 0 Å². The number of aromatic carboxylic acids is 1. The maximum atomic E-state index is 12.3. The van der Waals surface area contributed by atoms with Crippen molar-refractivity contribution < 1.29 is 39.3 Å². The third-order valence-electron chi connectivity index (χ3n) is 4.66. The molecule has 2 atom stereocenters. The molecule has 154 valence electrons. The highest BCUT2D eigenvalue weighted by Gasteiger charge is 2.31. The average molecular weight is 413 g/mol. The van der Waals surface area contributed by atoms with Gasteiger partial charge in [-0.15, -0.1) is 0 Å². The molecule has 1 saturated heterocycles. The number of likely N-dealkylation sites (tertiary alicyclic amines) is 1. The summed E-state index contributed by atoms with van der Waals surface area (Å²) in [6.45, 7) is 1.09. The van der Waals surface area contributed by atoms with Crippen LogP contribution in [0.3, 0.4) is 0 Å². The Morgan fingerprint density at radius 3 is 2.61 bits per heavy atom. The number of rotatable bonds is 9. The average Bonchev–Trinajstić information content (AvgIpc) is 3.14. The highest BCUT2D eigenvalue weighted by atomic mass is 32.2. The number of thioether (sulfide) groups is 1. The van der Waals surface area contributed by atoms with Gasteiger partial charge < -0.3 is 34.6 Å². The Labute approximate surface area is 167 Å². The third kappa shape index (κ3) is 5.31. The van der Waals surface area contributed by atoms with Crippen molar-refractivity contribution in [2.75, 3.05) is 33.1 Å². The molecule has 9 nitrogen and oxygen atoms in total. The number of hydrogen-bond acceptors (Lipinski definition) is 8. The smallest absolute Gasteiger partial charge is 0.465 e. The Kier molecular flexibility index (Phi) is 7.99. The highest BCUT2D eigenvalue weighted by Crippen LogP contribution is 2.33. The molecule has 0 spiro atoms. The lowest BCUT2D eigenvalue weighted by atomic mass is 9.81. The van der Waals surface area contributed by atoms with E-state index in [-0.39, 0.29) is 35.5 Å². The minimum atomic E-state index is -1.75. The summed E-state index contributed by atoms with van der Waals surface area (Å²) in [6.07, 6.45) is 0.738. The van der Waals surface area contributed by atoms with E-state index in [2.05, 4.69) is 0 Å². The van der Waals surface area contributed by atoms with Crippen LogP contribution < -0.4 is 4.74 Å². The summed E-state index contributed by atoms with van der Waals surface area (Å²) >= 11 is 1.04. The van der Waals surface area contributed by atoms with E-state index < -0.39 is 29.5 Å². The zero-order valence-corrected chi connectivity index (χ0v) is 16.5. The SMILES string of the molecule is COc1ccc(C[C@H](SCC(=O)N2CCC(OC)C2)B(O)O)c(O)c1C(=O)O. The quantitative estimate of drug-likeness (QED) is 0.413. The molecule has 1 unspecified atom stereocenters. The predicted molar refractivity (Wildman–Crippen MR) is 104 cm³/mol. The molecular formula is C17H24BNO8S. The number of carbonyl (C=O) groups is 2. The summed E-state index contributed by atoms with van der Waals surface area (Å²) in [5, 5.41) is 38.1. The molecule has 1 aromatic carbocycles. The first-order valence-corrected chi connectivity index (χ1v) is 9.73.